The number of carbonyl (C=O) groups is 4. The van der Waals surface area contributed by atoms with Gasteiger partial charge in [-0.1, -0.05) is 156 Å². The molecule has 16 nitrogen and oxygen atoms in total. The third-order valence-corrected chi connectivity index (χ3v) is 6.83. The van der Waals surface area contributed by atoms with Crippen LogP contribution in [0, 0.1) is 0 Å². The number of rotatable bonds is 24. The first kappa shape index (κ1) is 63.5. The maximum absolute atomic E-state index is 10.7. The number of carboxylic acid groups (broad SMARTS) is 4. The molecule has 8 N–H and O–H groups in total. The summed E-state index contributed by atoms with van der Waals surface area (Å²) in [5.41, 5.74) is 22.8. The molecule has 1 aromatic rings. The molecule has 0 spiro atoms. The van der Waals surface area contributed by atoms with Gasteiger partial charge in [-0.15, -0.1) is 0 Å². The van der Waals surface area contributed by atoms with E-state index >= 15 is 0 Å². The minimum atomic E-state index is -1.83. The van der Waals surface area contributed by atoms with E-state index in [9.17, 15) is 19.2 Å². The Hall–Kier alpha value is -2.43. The fourth-order valence-corrected chi connectivity index (χ4v) is 3.95. The molecule has 0 unspecified atom stereocenters. The maximum atomic E-state index is 10.7. The first-order valence-electron chi connectivity index (χ1n) is 18.7. The van der Waals surface area contributed by atoms with Crippen LogP contribution in [0.25, 0.3) is 22.9 Å². The molecule has 312 valence electrons. The van der Waals surface area contributed by atoms with Crippen LogP contribution in [0.2, 0.25) is 0 Å². The van der Waals surface area contributed by atoms with Gasteiger partial charge < -0.3 is 43.4 Å². The molecule has 0 fully saturated rings. The Balaban J connectivity index is -0.000000138. The molecule has 0 amide bonds. The number of unbranched alkanes of at least 4 members (excludes halogenated alkanes) is 16. The fourth-order valence-electron chi connectivity index (χ4n) is 3.95. The Kier molecular flexibility index (Phi) is 64.6. The zero-order valence-electron chi connectivity index (χ0n) is 33.0. The van der Waals surface area contributed by atoms with Crippen LogP contribution in [0.1, 0.15) is 198 Å². The summed E-state index contributed by atoms with van der Waals surface area (Å²) in [6.07, 6.45) is 25.4. The average Bonchev–Trinajstić information content (AvgIpc) is 3.17. The van der Waals surface area contributed by atoms with Gasteiger partial charge in [0.25, 0.3) is 0 Å². The van der Waals surface area contributed by atoms with Crippen molar-refractivity contribution in [2.75, 3.05) is 26.2 Å². The van der Waals surface area contributed by atoms with Gasteiger partial charge in [0.1, 0.15) is 0 Å². The second-order valence-corrected chi connectivity index (χ2v) is 11.5. The molecule has 54 heavy (non-hydrogen) atoms. The number of nitrogens with zero attached hydrogens (tertiary/aromatic N) is 2. The van der Waals surface area contributed by atoms with Crippen LogP contribution in [0.15, 0.2) is 0 Å². The van der Waals surface area contributed by atoms with E-state index < -0.39 is 46.7 Å². The predicted molar refractivity (Wildman–Crippen MR) is 203 cm³/mol. The second kappa shape index (κ2) is 54.9. The van der Waals surface area contributed by atoms with Crippen molar-refractivity contribution in [3.63, 3.8) is 0 Å². The van der Waals surface area contributed by atoms with E-state index in [4.69, 9.17) is 50.7 Å². The SMILES string of the molecule is CCCCCCC[NH-].CCCCCCC[NH-].CCCCCCC[NH-].CCCCCCC[NH-].O=C(O)c1nc(C(=O)O)c(C(=O)O)nc1C(=O)O.[O]=[V+2].[O]=[V+2]. The van der Waals surface area contributed by atoms with E-state index in [1.165, 1.54) is 103 Å². The zero-order valence-corrected chi connectivity index (χ0v) is 35.8. The molecule has 0 atom stereocenters. The molecule has 0 bridgehead atoms. The van der Waals surface area contributed by atoms with Crippen molar-refractivity contribution in [2.24, 2.45) is 0 Å². The van der Waals surface area contributed by atoms with Gasteiger partial charge in [-0.05, 0) is 0 Å². The molecule has 0 aliphatic heterocycles. The van der Waals surface area contributed by atoms with Gasteiger partial charge >= 0.3 is 66.0 Å². The molecule has 0 aromatic carbocycles. The summed E-state index contributed by atoms with van der Waals surface area (Å²) < 4.78 is 16.4. The number of aromatic carboxylic acids is 4. The third kappa shape index (κ3) is 47.6. The Morgan fingerprint density at radius 3 is 0.630 bits per heavy atom. The van der Waals surface area contributed by atoms with Crippen LogP contribution in [0.5, 0.6) is 0 Å². The minimum absolute atomic E-state index is 0.615. The Labute approximate surface area is 342 Å². The first-order valence-corrected chi connectivity index (χ1v) is 19.9. The Morgan fingerprint density at radius 2 is 0.519 bits per heavy atom. The zero-order chi connectivity index (χ0) is 43.0. The number of nitrogens with one attached hydrogen (secondary N) is 4. The van der Waals surface area contributed by atoms with Crippen molar-refractivity contribution in [2.45, 2.75) is 156 Å². The molecular weight excluding hydrogens is 778 g/mol. The van der Waals surface area contributed by atoms with Gasteiger partial charge in [-0.3, -0.25) is 0 Å². The fraction of sp³-hybridized carbons (Fsp3) is 0.778. The van der Waals surface area contributed by atoms with Crippen LogP contribution in [0.3, 0.4) is 0 Å². The van der Waals surface area contributed by atoms with Crippen LogP contribution in [-0.2, 0) is 42.1 Å². The topological polar surface area (TPSA) is 304 Å². The monoisotopic (exact) mass is 846 g/mol. The summed E-state index contributed by atoms with van der Waals surface area (Å²) in [6, 6.07) is 0. The molecule has 0 saturated carbocycles. The third-order valence-electron chi connectivity index (χ3n) is 6.83. The van der Waals surface area contributed by atoms with E-state index in [0.29, 0.717) is 26.2 Å². The van der Waals surface area contributed by atoms with Crippen molar-refractivity contribution >= 4 is 23.9 Å². The van der Waals surface area contributed by atoms with E-state index in [2.05, 4.69) is 37.7 Å². The molecular formula is C36H68N6O10V2. The quantitative estimate of drug-likeness (QED) is 0.0706. The molecule has 1 aromatic heterocycles. The molecule has 0 saturated heterocycles. The Bertz CT molecular complexity index is 843. The van der Waals surface area contributed by atoms with Crippen LogP contribution in [-0.4, -0.2) is 80.5 Å². The van der Waals surface area contributed by atoms with Crippen molar-refractivity contribution in [1.82, 2.24) is 9.97 Å². The average molecular weight is 847 g/mol. The second-order valence-electron chi connectivity index (χ2n) is 11.5. The normalized spacial score (nSPS) is 9.26. The number of hydrogen-bond donors (Lipinski definition) is 4. The summed E-state index contributed by atoms with van der Waals surface area (Å²) in [6.45, 7) is 11.3. The van der Waals surface area contributed by atoms with E-state index in [0.717, 1.165) is 60.4 Å². The van der Waals surface area contributed by atoms with E-state index in [1.807, 2.05) is 0 Å². The van der Waals surface area contributed by atoms with Crippen molar-refractivity contribution in [1.29, 1.82) is 0 Å². The van der Waals surface area contributed by atoms with Gasteiger partial charge in [0.2, 0.25) is 0 Å². The van der Waals surface area contributed by atoms with Gasteiger partial charge in [-0.2, -0.15) is 26.2 Å². The summed E-state index contributed by atoms with van der Waals surface area (Å²) in [4.78, 5) is 48.7. The molecule has 18 heteroatoms. The first-order chi connectivity index (χ1) is 25.9. The van der Waals surface area contributed by atoms with Gasteiger partial charge in [0, 0.05) is 0 Å². The summed E-state index contributed by atoms with van der Waals surface area (Å²) in [5, 5.41) is 34.6. The van der Waals surface area contributed by atoms with Crippen molar-refractivity contribution < 1.29 is 81.7 Å². The predicted octanol–water partition coefficient (Wildman–Crippen LogP) is 11.1. The van der Waals surface area contributed by atoms with Crippen molar-refractivity contribution in [3.8, 4) is 0 Å². The summed E-state index contributed by atoms with van der Waals surface area (Å²) in [5.74, 6) is -7.34. The number of carboxylic acids is 4. The van der Waals surface area contributed by atoms with Gasteiger partial charge in [-0.25, -0.2) is 29.1 Å². The van der Waals surface area contributed by atoms with Gasteiger partial charge in [0.15, 0.2) is 22.8 Å². The summed E-state index contributed by atoms with van der Waals surface area (Å²) in [7, 11) is 0. The number of hydrogen-bond acceptors (Lipinski definition) is 8. The van der Waals surface area contributed by atoms with E-state index in [-0.39, 0.29) is 0 Å². The summed E-state index contributed by atoms with van der Waals surface area (Å²) >= 11 is 2.12. The molecule has 0 aliphatic rings. The number of aromatic nitrogens is 2. The molecule has 0 aliphatic carbocycles. The van der Waals surface area contributed by atoms with Crippen LogP contribution in [0.4, 0.5) is 0 Å². The molecule has 1 heterocycles. The van der Waals surface area contributed by atoms with E-state index in [1.54, 1.807) is 0 Å². The molecule has 0 radical (unpaired) electrons. The van der Waals surface area contributed by atoms with Crippen LogP contribution >= 0.6 is 0 Å². The van der Waals surface area contributed by atoms with Gasteiger partial charge in [0.05, 0.1) is 0 Å². The standard InChI is InChI=1S/C8H4N2O8.4C7H16N.2O.2V/c11-5(12)1-2(6(13)14)10-4(8(17)18)3(9-1)7(15)16;4*1-2-3-4-5-6-7-8;;;;/h(H,11,12)(H,13,14)(H,15,16)(H,17,18);4*8H,2-7H2,1H3;;;;/q;4*-1;;;2*+2. The Morgan fingerprint density at radius 1 is 0.370 bits per heavy atom. The van der Waals surface area contributed by atoms with Crippen molar-refractivity contribution in [3.05, 3.63) is 45.7 Å². The molecule has 1 rings (SSSR count). The van der Waals surface area contributed by atoms with Crippen LogP contribution < -0.4 is 0 Å².